The van der Waals surface area contributed by atoms with Crippen LogP contribution in [-0.2, 0) is 24.3 Å². The van der Waals surface area contributed by atoms with E-state index in [0.29, 0.717) is 19.7 Å². The molecule has 198 valence electrons. The van der Waals surface area contributed by atoms with Crippen LogP contribution in [0.15, 0.2) is 85.5 Å². The molecule has 0 spiro atoms. The number of amides is 1. The van der Waals surface area contributed by atoms with Crippen molar-refractivity contribution in [3.63, 3.8) is 0 Å². The molecular formula is C31H35N3O4. The number of carbonyl (C=O) groups excluding carboxylic acids is 1. The topological polar surface area (TPSA) is 72.1 Å². The van der Waals surface area contributed by atoms with Gasteiger partial charge in [0, 0.05) is 37.8 Å². The molecule has 2 heterocycles. The van der Waals surface area contributed by atoms with E-state index in [1.54, 1.807) is 6.08 Å². The average Bonchev–Trinajstić information content (AvgIpc) is 3.58. The second-order valence-electron chi connectivity index (χ2n) is 9.68. The molecule has 7 heteroatoms. The van der Waals surface area contributed by atoms with Crippen molar-refractivity contribution in [2.24, 2.45) is 0 Å². The van der Waals surface area contributed by atoms with Crippen molar-refractivity contribution >= 4 is 5.91 Å². The van der Waals surface area contributed by atoms with Crippen LogP contribution < -0.4 is 24.8 Å². The SMILES string of the molecule is C=CCOc1ccccc1CN[C@@H]1C[C@@H](C(=O)NCCc2ccc3c(c2)OCO3)N(Cc2ccccc2)C1. The highest BCUT2D eigenvalue weighted by molar-refractivity contribution is 5.82. The van der Waals surface area contributed by atoms with E-state index in [9.17, 15) is 4.79 Å². The van der Waals surface area contributed by atoms with Crippen molar-refractivity contribution in [3.05, 3.63) is 102 Å². The van der Waals surface area contributed by atoms with Gasteiger partial charge in [0.2, 0.25) is 12.7 Å². The monoisotopic (exact) mass is 513 g/mol. The molecule has 0 saturated carbocycles. The fourth-order valence-corrected chi connectivity index (χ4v) is 5.05. The number of likely N-dealkylation sites (tertiary alicyclic amines) is 1. The average molecular weight is 514 g/mol. The summed E-state index contributed by atoms with van der Waals surface area (Å²) in [5.74, 6) is 2.47. The Morgan fingerprint density at radius 3 is 2.71 bits per heavy atom. The summed E-state index contributed by atoms with van der Waals surface area (Å²) in [6, 6.07) is 24.3. The van der Waals surface area contributed by atoms with Crippen molar-refractivity contribution in [2.45, 2.75) is 38.0 Å². The molecule has 1 amide bonds. The molecule has 3 aromatic carbocycles. The Labute approximate surface area is 224 Å². The van der Waals surface area contributed by atoms with Crippen LogP contribution in [0.5, 0.6) is 17.2 Å². The Morgan fingerprint density at radius 2 is 1.84 bits per heavy atom. The lowest BCUT2D eigenvalue weighted by atomic mass is 10.1. The lowest BCUT2D eigenvalue weighted by Crippen LogP contribution is -2.43. The number of benzene rings is 3. The number of hydrogen-bond acceptors (Lipinski definition) is 6. The predicted octanol–water partition coefficient (Wildman–Crippen LogP) is 4.07. The number of hydrogen-bond donors (Lipinski definition) is 2. The zero-order valence-electron chi connectivity index (χ0n) is 21.6. The van der Waals surface area contributed by atoms with Gasteiger partial charge in [-0.3, -0.25) is 9.69 Å². The number of nitrogens with one attached hydrogen (secondary N) is 2. The van der Waals surface area contributed by atoms with E-state index < -0.39 is 0 Å². The highest BCUT2D eigenvalue weighted by atomic mass is 16.7. The molecule has 1 saturated heterocycles. The summed E-state index contributed by atoms with van der Waals surface area (Å²) < 4.78 is 16.7. The minimum Gasteiger partial charge on any atom is -0.489 e. The third-order valence-corrected chi connectivity index (χ3v) is 6.99. The van der Waals surface area contributed by atoms with Gasteiger partial charge in [-0.05, 0) is 42.2 Å². The highest BCUT2D eigenvalue weighted by Gasteiger charge is 2.36. The van der Waals surface area contributed by atoms with Gasteiger partial charge in [0.15, 0.2) is 11.5 Å². The van der Waals surface area contributed by atoms with Crippen LogP contribution in [0, 0.1) is 0 Å². The van der Waals surface area contributed by atoms with Gasteiger partial charge in [0.25, 0.3) is 0 Å². The van der Waals surface area contributed by atoms with Crippen LogP contribution in [0.1, 0.15) is 23.1 Å². The molecule has 0 aromatic heterocycles. The molecule has 2 aliphatic rings. The molecule has 2 aliphatic heterocycles. The molecule has 38 heavy (non-hydrogen) atoms. The summed E-state index contributed by atoms with van der Waals surface area (Å²) in [6.07, 6.45) is 3.23. The second kappa shape index (κ2) is 12.6. The van der Waals surface area contributed by atoms with Crippen LogP contribution in [0.4, 0.5) is 0 Å². The van der Waals surface area contributed by atoms with E-state index in [-0.39, 0.29) is 24.8 Å². The first-order valence-electron chi connectivity index (χ1n) is 13.2. The maximum atomic E-state index is 13.4. The third-order valence-electron chi connectivity index (χ3n) is 6.99. The Bertz CT molecular complexity index is 1230. The highest BCUT2D eigenvalue weighted by Crippen LogP contribution is 2.32. The fourth-order valence-electron chi connectivity index (χ4n) is 5.05. The van der Waals surface area contributed by atoms with Gasteiger partial charge >= 0.3 is 0 Å². The minimum absolute atomic E-state index is 0.0701. The van der Waals surface area contributed by atoms with Gasteiger partial charge in [-0.15, -0.1) is 0 Å². The zero-order chi connectivity index (χ0) is 26.2. The molecule has 2 atom stereocenters. The Balaban J connectivity index is 1.20. The van der Waals surface area contributed by atoms with Crippen LogP contribution in [-0.4, -0.2) is 49.4 Å². The first-order chi connectivity index (χ1) is 18.7. The lowest BCUT2D eigenvalue weighted by Gasteiger charge is -2.23. The van der Waals surface area contributed by atoms with E-state index in [2.05, 4.69) is 40.3 Å². The van der Waals surface area contributed by atoms with Gasteiger partial charge in [0.05, 0.1) is 6.04 Å². The molecular weight excluding hydrogens is 478 g/mol. The van der Waals surface area contributed by atoms with Gasteiger partial charge in [0.1, 0.15) is 12.4 Å². The van der Waals surface area contributed by atoms with Crippen LogP contribution in [0.2, 0.25) is 0 Å². The fraction of sp³-hybridized carbons (Fsp3) is 0.323. The summed E-state index contributed by atoms with van der Waals surface area (Å²) in [5.41, 5.74) is 3.41. The standard InChI is InChI=1S/C31H35N3O4/c1-2-16-36-28-11-7-6-10-25(28)19-33-26-18-27(34(21-26)20-24-8-4-3-5-9-24)31(35)32-15-14-23-12-13-29-30(17-23)38-22-37-29/h2-13,17,26-27,33H,1,14-16,18-22H2,(H,32,35)/t26-,27+/m1/s1. The maximum absolute atomic E-state index is 13.4. The lowest BCUT2D eigenvalue weighted by molar-refractivity contribution is -0.125. The number of rotatable bonds is 12. The molecule has 0 bridgehead atoms. The van der Waals surface area contributed by atoms with Crippen molar-refractivity contribution in [2.75, 3.05) is 26.5 Å². The van der Waals surface area contributed by atoms with E-state index in [0.717, 1.165) is 54.3 Å². The van der Waals surface area contributed by atoms with Crippen molar-refractivity contribution in [1.29, 1.82) is 0 Å². The van der Waals surface area contributed by atoms with Crippen LogP contribution in [0.25, 0.3) is 0 Å². The minimum atomic E-state index is -0.197. The van der Waals surface area contributed by atoms with E-state index in [1.165, 1.54) is 5.56 Å². The second-order valence-corrected chi connectivity index (χ2v) is 9.68. The van der Waals surface area contributed by atoms with Crippen LogP contribution in [0.3, 0.4) is 0 Å². The molecule has 2 N–H and O–H groups in total. The molecule has 0 radical (unpaired) electrons. The maximum Gasteiger partial charge on any atom is 0.237 e. The molecule has 5 rings (SSSR count). The van der Waals surface area contributed by atoms with Crippen LogP contribution >= 0.6 is 0 Å². The van der Waals surface area contributed by atoms with Crippen molar-refractivity contribution in [3.8, 4) is 17.2 Å². The molecule has 0 unspecified atom stereocenters. The van der Waals surface area contributed by atoms with E-state index in [4.69, 9.17) is 14.2 Å². The first kappa shape index (κ1) is 25.8. The molecule has 0 aliphatic carbocycles. The van der Waals surface area contributed by atoms with Crippen molar-refractivity contribution in [1.82, 2.24) is 15.5 Å². The summed E-state index contributed by atoms with van der Waals surface area (Å²) >= 11 is 0. The molecule has 3 aromatic rings. The van der Waals surface area contributed by atoms with E-state index in [1.807, 2.05) is 54.6 Å². The normalized spacial score (nSPS) is 18.3. The van der Waals surface area contributed by atoms with E-state index >= 15 is 0 Å². The zero-order valence-corrected chi connectivity index (χ0v) is 21.6. The Kier molecular flexibility index (Phi) is 8.58. The Morgan fingerprint density at radius 1 is 1.03 bits per heavy atom. The predicted molar refractivity (Wildman–Crippen MR) is 147 cm³/mol. The molecule has 1 fully saturated rings. The summed E-state index contributed by atoms with van der Waals surface area (Å²) in [4.78, 5) is 15.6. The van der Waals surface area contributed by atoms with Crippen molar-refractivity contribution < 1.29 is 19.0 Å². The number of para-hydroxylation sites is 1. The quantitative estimate of drug-likeness (QED) is 0.356. The number of carbonyl (C=O) groups is 1. The summed E-state index contributed by atoms with van der Waals surface area (Å²) in [7, 11) is 0. The van der Waals surface area contributed by atoms with Gasteiger partial charge in [-0.2, -0.15) is 0 Å². The van der Waals surface area contributed by atoms with Gasteiger partial charge < -0.3 is 24.8 Å². The third kappa shape index (κ3) is 6.54. The summed E-state index contributed by atoms with van der Waals surface area (Å²) in [6.45, 7) is 7.25. The summed E-state index contributed by atoms with van der Waals surface area (Å²) in [5, 5.41) is 6.84. The van der Waals surface area contributed by atoms with Gasteiger partial charge in [-0.1, -0.05) is 67.3 Å². The number of nitrogens with zero attached hydrogens (tertiary/aromatic N) is 1. The largest absolute Gasteiger partial charge is 0.489 e. The smallest absolute Gasteiger partial charge is 0.237 e. The van der Waals surface area contributed by atoms with Gasteiger partial charge in [-0.25, -0.2) is 0 Å². The Hall–Kier alpha value is -3.81. The number of fused-ring (bicyclic) bond motifs is 1. The molecule has 7 nitrogen and oxygen atoms in total. The number of ether oxygens (including phenoxy) is 3. The first-order valence-corrected chi connectivity index (χ1v) is 13.2.